The van der Waals surface area contributed by atoms with Crippen LogP contribution in [0.2, 0.25) is 0 Å². The number of rotatable bonds is 1. The van der Waals surface area contributed by atoms with Crippen LogP contribution in [0.5, 0.6) is 0 Å². The zero-order valence-electron chi connectivity index (χ0n) is 6.57. The molecule has 12 heavy (non-hydrogen) atoms. The van der Waals surface area contributed by atoms with Crippen molar-refractivity contribution in [3.63, 3.8) is 0 Å². The summed E-state index contributed by atoms with van der Waals surface area (Å²) >= 11 is 0. The molecule has 0 fully saturated rings. The Bertz CT molecular complexity index is 265. The van der Waals surface area contributed by atoms with Crippen LogP contribution in [0.4, 0.5) is 0 Å². The maximum Gasteiger partial charge on any atom is 0.129 e. The minimum atomic E-state index is 0.819. The molecule has 2 N–H and O–H groups in total. The molecule has 0 amide bonds. The third kappa shape index (κ3) is 2.83. The number of aromatic nitrogens is 4. The molecule has 62 valence electrons. The number of H-pyrrole nitrogens is 2. The van der Waals surface area contributed by atoms with E-state index in [9.17, 15) is 0 Å². The highest BCUT2D eigenvalue weighted by Crippen LogP contribution is 1.85. The largest absolute Gasteiger partial charge is 0.351 e. The van der Waals surface area contributed by atoms with Gasteiger partial charge in [0.1, 0.15) is 5.82 Å². The molecule has 2 rings (SSSR count). The van der Waals surface area contributed by atoms with Gasteiger partial charge in [-0.25, -0.2) is 9.97 Å². The first kappa shape index (κ1) is 8.26. The molecule has 0 saturated carbocycles. The molecule has 0 bridgehead atoms. The SMILES string of the molecule is C=Cc1ncc[nH]1.c1c[nH]cn1. The first-order valence-electron chi connectivity index (χ1n) is 3.48. The summed E-state index contributed by atoms with van der Waals surface area (Å²) in [5.41, 5.74) is 0. The molecule has 0 spiro atoms. The predicted octanol–water partition coefficient (Wildman–Crippen LogP) is 1.46. The lowest BCUT2D eigenvalue weighted by molar-refractivity contribution is 1.27. The molecular formula is C8H10N4. The topological polar surface area (TPSA) is 57.4 Å². The van der Waals surface area contributed by atoms with Crippen LogP contribution in [0.25, 0.3) is 6.08 Å². The van der Waals surface area contributed by atoms with Crippen molar-refractivity contribution in [3.05, 3.63) is 43.5 Å². The molecule has 0 aromatic carbocycles. The van der Waals surface area contributed by atoms with Gasteiger partial charge in [-0.1, -0.05) is 6.58 Å². The van der Waals surface area contributed by atoms with Gasteiger partial charge in [-0.2, -0.15) is 0 Å². The minimum Gasteiger partial charge on any atom is -0.351 e. The summed E-state index contributed by atoms with van der Waals surface area (Å²) < 4.78 is 0. The van der Waals surface area contributed by atoms with Crippen molar-refractivity contribution in [1.82, 2.24) is 19.9 Å². The third-order valence-corrected chi connectivity index (χ3v) is 1.12. The van der Waals surface area contributed by atoms with Gasteiger partial charge in [-0.05, 0) is 6.08 Å². The van der Waals surface area contributed by atoms with Crippen molar-refractivity contribution in [3.8, 4) is 0 Å². The second-order valence-electron chi connectivity index (χ2n) is 1.94. The Hall–Kier alpha value is -1.84. The molecule has 0 aliphatic carbocycles. The normalized spacial score (nSPS) is 8.33. The molecule has 0 radical (unpaired) electrons. The van der Waals surface area contributed by atoms with Crippen LogP contribution in [0.1, 0.15) is 5.82 Å². The maximum absolute atomic E-state index is 3.86. The fourth-order valence-electron chi connectivity index (χ4n) is 0.604. The molecule has 0 saturated heterocycles. The van der Waals surface area contributed by atoms with E-state index in [4.69, 9.17) is 0 Å². The molecule has 4 heteroatoms. The highest BCUT2D eigenvalue weighted by molar-refractivity contribution is 5.34. The summed E-state index contributed by atoms with van der Waals surface area (Å²) in [4.78, 5) is 13.1. The van der Waals surface area contributed by atoms with Gasteiger partial charge >= 0.3 is 0 Å². The average molecular weight is 162 g/mol. The predicted molar refractivity (Wildman–Crippen MR) is 47.3 cm³/mol. The number of nitrogens with one attached hydrogen (secondary N) is 2. The Kier molecular flexibility index (Phi) is 3.37. The van der Waals surface area contributed by atoms with E-state index in [2.05, 4.69) is 26.5 Å². The Balaban J connectivity index is 0.000000127. The molecular weight excluding hydrogens is 152 g/mol. The van der Waals surface area contributed by atoms with Gasteiger partial charge in [-0.15, -0.1) is 0 Å². The number of aromatic amines is 2. The lowest BCUT2D eigenvalue weighted by Gasteiger charge is -1.73. The first-order chi connectivity index (χ1) is 5.93. The van der Waals surface area contributed by atoms with Gasteiger partial charge < -0.3 is 9.97 Å². The Morgan fingerprint density at radius 3 is 2.50 bits per heavy atom. The van der Waals surface area contributed by atoms with Crippen LogP contribution < -0.4 is 0 Å². The smallest absolute Gasteiger partial charge is 0.129 e. The average Bonchev–Trinajstić information content (AvgIpc) is 2.81. The van der Waals surface area contributed by atoms with Crippen molar-refractivity contribution < 1.29 is 0 Å². The fraction of sp³-hybridized carbons (Fsp3) is 0. The summed E-state index contributed by atoms with van der Waals surface area (Å²) in [5.74, 6) is 0.819. The zero-order valence-corrected chi connectivity index (χ0v) is 6.57. The molecule has 2 aromatic heterocycles. The van der Waals surface area contributed by atoms with E-state index < -0.39 is 0 Å². The van der Waals surface area contributed by atoms with Crippen LogP contribution in [-0.4, -0.2) is 19.9 Å². The van der Waals surface area contributed by atoms with E-state index in [1.54, 1.807) is 37.2 Å². The van der Waals surface area contributed by atoms with Crippen LogP contribution in [0, 0.1) is 0 Å². The maximum atomic E-state index is 3.86. The molecule has 2 heterocycles. The Morgan fingerprint density at radius 1 is 1.33 bits per heavy atom. The van der Waals surface area contributed by atoms with Crippen molar-refractivity contribution in [1.29, 1.82) is 0 Å². The summed E-state index contributed by atoms with van der Waals surface area (Å²) in [5, 5.41) is 0. The Labute approximate surface area is 70.4 Å². The summed E-state index contributed by atoms with van der Waals surface area (Å²) in [6, 6.07) is 0. The number of hydrogen-bond donors (Lipinski definition) is 2. The van der Waals surface area contributed by atoms with Crippen LogP contribution in [0.3, 0.4) is 0 Å². The van der Waals surface area contributed by atoms with E-state index in [1.807, 2.05) is 0 Å². The fourth-order valence-corrected chi connectivity index (χ4v) is 0.604. The van der Waals surface area contributed by atoms with E-state index in [1.165, 1.54) is 0 Å². The second kappa shape index (κ2) is 4.90. The minimum absolute atomic E-state index is 0.819. The molecule has 0 aliphatic rings. The van der Waals surface area contributed by atoms with E-state index in [0.29, 0.717) is 0 Å². The van der Waals surface area contributed by atoms with E-state index in [0.717, 1.165) is 5.82 Å². The van der Waals surface area contributed by atoms with E-state index >= 15 is 0 Å². The lowest BCUT2D eigenvalue weighted by atomic mass is 10.6. The van der Waals surface area contributed by atoms with Gasteiger partial charge in [0.2, 0.25) is 0 Å². The van der Waals surface area contributed by atoms with Gasteiger partial charge in [-0.3, -0.25) is 0 Å². The summed E-state index contributed by atoms with van der Waals surface area (Å²) in [6.07, 6.45) is 10.2. The first-order valence-corrected chi connectivity index (χ1v) is 3.48. The van der Waals surface area contributed by atoms with Gasteiger partial charge in [0.15, 0.2) is 0 Å². The number of nitrogens with zero attached hydrogens (tertiary/aromatic N) is 2. The standard InChI is InChI=1S/C5H6N2.C3H4N2/c1-2-5-6-3-4-7-5;1-2-5-3-4-1/h2-4H,1H2,(H,6,7);1-3H,(H,4,5). The van der Waals surface area contributed by atoms with Crippen LogP contribution in [-0.2, 0) is 0 Å². The van der Waals surface area contributed by atoms with Crippen molar-refractivity contribution in [2.45, 2.75) is 0 Å². The van der Waals surface area contributed by atoms with Crippen molar-refractivity contribution >= 4 is 6.08 Å². The molecule has 0 unspecified atom stereocenters. The van der Waals surface area contributed by atoms with E-state index in [-0.39, 0.29) is 0 Å². The highest BCUT2D eigenvalue weighted by atomic mass is 14.9. The van der Waals surface area contributed by atoms with Gasteiger partial charge in [0.25, 0.3) is 0 Å². The summed E-state index contributed by atoms with van der Waals surface area (Å²) in [7, 11) is 0. The number of hydrogen-bond acceptors (Lipinski definition) is 2. The molecule has 2 aromatic rings. The van der Waals surface area contributed by atoms with Gasteiger partial charge in [0, 0.05) is 24.8 Å². The number of imidazole rings is 2. The van der Waals surface area contributed by atoms with Crippen LogP contribution >= 0.6 is 0 Å². The highest BCUT2D eigenvalue weighted by Gasteiger charge is 1.78. The lowest BCUT2D eigenvalue weighted by Crippen LogP contribution is -1.67. The quantitative estimate of drug-likeness (QED) is 0.667. The Morgan fingerprint density at radius 2 is 2.25 bits per heavy atom. The third-order valence-electron chi connectivity index (χ3n) is 1.12. The van der Waals surface area contributed by atoms with Crippen molar-refractivity contribution in [2.24, 2.45) is 0 Å². The van der Waals surface area contributed by atoms with Crippen molar-refractivity contribution in [2.75, 3.05) is 0 Å². The zero-order chi connectivity index (χ0) is 8.65. The second-order valence-corrected chi connectivity index (χ2v) is 1.94. The van der Waals surface area contributed by atoms with Crippen LogP contribution in [0.15, 0.2) is 37.7 Å². The molecule has 4 nitrogen and oxygen atoms in total. The summed E-state index contributed by atoms with van der Waals surface area (Å²) in [6.45, 7) is 3.51. The molecule has 0 atom stereocenters. The van der Waals surface area contributed by atoms with Gasteiger partial charge in [0.05, 0.1) is 6.33 Å². The molecule has 0 aliphatic heterocycles. The monoisotopic (exact) mass is 162 g/mol.